The molecule has 0 bridgehead atoms. The Kier molecular flexibility index (Phi) is 4.45. The van der Waals surface area contributed by atoms with Gasteiger partial charge in [0.1, 0.15) is 0 Å². The molecule has 0 aromatic heterocycles. The van der Waals surface area contributed by atoms with E-state index in [0.717, 1.165) is 18.2 Å². The number of hydrogen-bond donors (Lipinski definition) is 0. The fourth-order valence-electron chi connectivity index (χ4n) is 2.37. The lowest BCUT2D eigenvalue weighted by atomic mass is 9.98. The van der Waals surface area contributed by atoms with E-state index in [2.05, 4.69) is 14.0 Å². The van der Waals surface area contributed by atoms with E-state index in [1.54, 1.807) is 6.92 Å². The van der Waals surface area contributed by atoms with Gasteiger partial charge in [-0.3, -0.25) is 4.79 Å². The molecule has 0 aliphatic carbocycles. The van der Waals surface area contributed by atoms with Gasteiger partial charge >= 0.3 is 0 Å². The Morgan fingerprint density at radius 3 is 2.86 bits per heavy atom. The Morgan fingerprint density at radius 1 is 1.57 bits per heavy atom. The Balaban J connectivity index is 2.29. The number of nitrogens with zero attached hydrogens (tertiary/aromatic N) is 1. The molecule has 2 atom stereocenters. The number of rotatable bonds is 3. The van der Waals surface area contributed by atoms with Gasteiger partial charge in [0.25, 0.3) is 0 Å². The minimum Gasteiger partial charge on any atom is -0.325 e. The van der Waals surface area contributed by atoms with E-state index in [-0.39, 0.29) is 5.12 Å². The lowest BCUT2D eigenvalue weighted by Crippen LogP contribution is -2.51. The van der Waals surface area contributed by atoms with Crippen molar-refractivity contribution in [2.75, 3.05) is 32.4 Å². The lowest BCUT2D eigenvalue weighted by Gasteiger charge is -2.40. The fraction of sp³-hybridized carbons (Fsp3) is 0.909. The maximum atomic E-state index is 10.8. The van der Waals surface area contributed by atoms with Crippen molar-refractivity contribution in [2.45, 2.75) is 26.7 Å². The molecule has 0 radical (unpaired) electrons. The number of carbonyl (C=O) groups is 1. The molecule has 1 rings (SSSR count). The van der Waals surface area contributed by atoms with E-state index in [1.807, 2.05) is 0 Å². The predicted octanol–water partition coefficient (Wildman–Crippen LogP) is 2.14. The van der Waals surface area contributed by atoms with Crippen molar-refractivity contribution in [1.29, 1.82) is 0 Å². The third-order valence-corrected chi connectivity index (χ3v) is 3.88. The molecule has 2 nitrogen and oxygen atoms in total. The van der Waals surface area contributed by atoms with Crippen LogP contribution in [0.15, 0.2) is 0 Å². The van der Waals surface area contributed by atoms with Gasteiger partial charge in [0.2, 0.25) is 0 Å². The summed E-state index contributed by atoms with van der Waals surface area (Å²) >= 11 is 1.47. The molecule has 2 unspecified atom stereocenters. The van der Waals surface area contributed by atoms with Crippen molar-refractivity contribution in [3.05, 3.63) is 0 Å². The zero-order chi connectivity index (χ0) is 10.6. The molecular formula is C11H22NOS+. The first-order valence-corrected chi connectivity index (χ1v) is 6.47. The van der Waals surface area contributed by atoms with Gasteiger partial charge in [0, 0.05) is 12.8 Å². The van der Waals surface area contributed by atoms with Crippen LogP contribution in [0.1, 0.15) is 26.7 Å². The smallest absolute Gasteiger partial charge is 0.186 e. The van der Waals surface area contributed by atoms with Gasteiger partial charge in [0.05, 0.1) is 32.4 Å². The maximum absolute atomic E-state index is 10.8. The van der Waals surface area contributed by atoms with Crippen molar-refractivity contribution in [1.82, 2.24) is 0 Å². The summed E-state index contributed by atoms with van der Waals surface area (Å²) in [7, 11) is 2.33. The third kappa shape index (κ3) is 4.01. The van der Waals surface area contributed by atoms with Crippen LogP contribution in [0.3, 0.4) is 0 Å². The van der Waals surface area contributed by atoms with E-state index in [0.29, 0.717) is 0 Å². The highest BCUT2D eigenvalue weighted by Crippen LogP contribution is 2.21. The standard InChI is InChI=1S/C11H22NOS/c1-10-5-4-6-12(3,9-10)7-8-14-11(2)13/h10H,4-9H2,1-3H3/q+1. The Morgan fingerprint density at radius 2 is 2.29 bits per heavy atom. The van der Waals surface area contributed by atoms with E-state index < -0.39 is 0 Å². The van der Waals surface area contributed by atoms with Crippen LogP contribution in [0.25, 0.3) is 0 Å². The molecule has 1 aliphatic rings. The number of hydrogen-bond acceptors (Lipinski definition) is 2. The molecular weight excluding hydrogens is 194 g/mol. The summed E-state index contributed by atoms with van der Waals surface area (Å²) in [4.78, 5) is 10.8. The van der Waals surface area contributed by atoms with Crippen LogP contribution in [0, 0.1) is 5.92 Å². The molecule has 0 N–H and O–H groups in total. The average molecular weight is 216 g/mol. The van der Waals surface area contributed by atoms with Crippen molar-refractivity contribution in [3.63, 3.8) is 0 Å². The summed E-state index contributed by atoms with van der Waals surface area (Å²) in [6.45, 7) is 7.73. The molecule has 1 heterocycles. The number of thioether (sulfide) groups is 1. The van der Waals surface area contributed by atoms with Gasteiger partial charge in [-0.15, -0.1) is 0 Å². The summed E-state index contributed by atoms with van der Waals surface area (Å²) in [6, 6.07) is 0. The molecule has 82 valence electrons. The summed E-state index contributed by atoms with van der Waals surface area (Å²) in [5.41, 5.74) is 0. The number of carbonyl (C=O) groups excluding carboxylic acids is 1. The fourth-order valence-corrected chi connectivity index (χ4v) is 3.19. The van der Waals surface area contributed by atoms with E-state index in [9.17, 15) is 4.79 Å². The van der Waals surface area contributed by atoms with Crippen LogP contribution in [0.4, 0.5) is 0 Å². The molecule has 0 aromatic rings. The molecule has 1 aliphatic heterocycles. The SMILES string of the molecule is CC(=O)SCC[N+]1(C)CCCC(C)C1. The van der Waals surface area contributed by atoms with Gasteiger partial charge < -0.3 is 4.48 Å². The van der Waals surface area contributed by atoms with Crippen molar-refractivity contribution in [2.24, 2.45) is 5.92 Å². The summed E-state index contributed by atoms with van der Waals surface area (Å²) in [6.07, 6.45) is 2.73. The molecule has 0 saturated carbocycles. The largest absolute Gasteiger partial charge is 0.325 e. The Labute approximate surface area is 91.6 Å². The van der Waals surface area contributed by atoms with Crippen LogP contribution < -0.4 is 0 Å². The second-order valence-corrected chi connectivity index (χ2v) is 6.11. The van der Waals surface area contributed by atoms with E-state index in [4.69, 9.17) is 0 Å². The topological polar surface area (TPSA) is 17.1 Å². The zero-order valence-corrected chi connectivity index (χ0v) is 10.4. The molecule has 0 spiro atoms. The van der Waals surface area contributed by atoms with E-state index >= 15 is 0 Å². The molecule has 3 heteroatoms. The van der Waals surface area contributed by atoms with Crippen LogP contribution in [-0.4, -0.2) is 42.0 Å². The molecule has 0 aromatic carbocycles. The van der Waals surface area contributed by atoms with Crippen LogP contribution in [0.5, 0.6) is 0 Å². The van der Waals surface area contributed by atoms with Crippen molar-refractivity contribution < 1.29 is 9.28 Å². The normalized spacial score (nSPS) is 32.9. The maximum Gasteiger partial charge on any atom is 0.186 e. The minimum absolute atomic E-state index is 0.252. The second-order valence-electron chi connectivity index (χ2n) is 4.84. The molecule has 14 heavy (non-hydrogen) atoms. The summed E-state index contributed by atoms with van der Waals surface area (Å²) in [5.74, 6) is 1.84. The molecule has 1 saturated heterocycles. The van der Waals surface area contributed by atoms with Crippen LogP contribution in [-0.2, 0) is 4.79 Å². The van der Waals surface area contributed by atoms with Crippen LogP contribution in [0.2, 0.25) is 0 Å². The third-order valence-electron chi connectivity index (χ3n) is 3.08. The highest BCUT2D eigenvalue weighted by atomic mass is 32.2. The zero-order valence-electron chi connectivity index (χ0n) is 9.58. The van der Waals surface area contributed by atoms with Crippen LogP contribution >= 0.6 is 11.8 Å². The highest BCUT2D eigenvalue weighted by molar-refractivity contribution is 8.13. The predicted molar refractivity (Wildman–Crippen MR) is 62.3 cm³/mol. The summed E-state index contributed by atoms with van der Waals surface area (Å²) in [5, 5.41) is 0.252. The molecule has 0 amide bonds. The lowest BCUT2D eigenvalue weighted by molar-refractivity contribution is -0.915. The molecule has 1 fully saturated rings. The average Bonchev–Trinajstić information content (AvgIpc) is 2.01. The Hall–Kier alpha value is -0.0200. The number of likely N-dealkylation sites (tertiary alicyclic amines) is 1. The Bertz CT molecular complexity index is 207. The monoisotopic (exact) mass is 216 g/mol. The highest BCUT2D eigenvalue weighted by Gasteiger charge is 2.28. The number of piperidine rings is 1. The first-order chi connectivity index (χ1) is 6.52. The van der Waals surface area contributed by atoms with E-state index in [1.165, 1.54) is 42.2 Å². The minimum atomic E-state index is 0.252. The first kappa shape index (κ1) is 12.1. The van der Waals surface area contributed by atoms with Gasteiger partial charge in [-0.2, -0.15) is 0 Å². The van der Waals surface area contributed by atoms with Gasteiger partial charge in [0.15, 0.2) is 5.12 Å². The quantitative estimate of drug-likeness (QED) is 0.672. The van der Waals surface area contributed by atoms with Gasteiger partial charge in [-0.05, 0) is 12.8 Å². The number of quaternary nitrogens is 1. The van der Waals surface area contributed by atoms with Crippen molar-refractivity contribution >= 4 is 16.9 Å². The first-order valence-electron chi connectivity index (χ1n) is 5.49. The van der Waals surface area contributed by atoms with Crippen molar-refractivity contribution in [3.8, 4) is 0 Å². The van der Waals surface area contributed by atoms with Gasteiger partial charge in [-0.25, -0.2) is 0 Å². The summed E-state index contributed by atoms with van der Waals surface area (Å²) < 4.78 is 1.17. The second kappa shape index (κ2) is 5.17. The van der Waals surface area contributed by atoms with Gasteiger partial charge in [-0.1, -0.05) is 18.7 Å².